The van der Waals surface area contributed by atoms with Gasteiger partial charge < -0.3 is 19.7 Å². The number of nitrogens with one attached hydrogen (secondary N) is 1. The highest BCUT2D eigenvalue weighted by Gasteiger charge is 2.32. The molecule has 4 rings (SSSR count). The Hall–Kier alpha value is -2.90. The van der Waals surface area contributed by atoms with Crippen LogP contribution in [0.3, 0.4) is 0 Å². The van der Waals surface area contributed by atoms with Crippen LogP contribution in [0.15, 0.2) is 36.4 Å². The second kappa shape index (κ2) is 7.85. The summed E-state index contributed by atoms with van der Waals surface area (Å²) in [5.41, 5.74) is 0.715. The summed E-state index contributed by atoms with van der Waals surface area (Å²) in [4.78, 5) is 14.6. The molecule has 2 aromatic rings. The summed E-state index contributed by atoms with van der Waals surface area (Å²) >= 11 is 0. The first-order chi connectivity index (χ1) is 13.9. The summed E-state index contributed by atoms with van der Waals surface area (Å²) in [6.45, 7) is 2.43. The molecule has 1 saturated heterocycles. The minimum Gasteiger partial charge on any atom is -0.486 e. The van der Waals surface area contributed by atoms with Crippen molar-refractivity contribution >= 4 is 17.3 Å². The van der Waals surface area contributed by atoms with E-state index in [0.29, 0.717) is 36.0 Å². The van der Waals surface area contributed by atoms with Crippen molar-refractivity contribution < 1.29 is 27.4 Å². The largest absolute Gasteiger partial charge is 0.486 e. The van der Waals surface area contributed by atoms with Gasteiger partial charge in [-0.25, -0.2) is 0 Å². The van der Waals surface area contributed by atoms with Gasteiger partial charge in [0.2, 0.25) is 5.91 Å². The number of halogens is 3. The molecule has 0 atom stereocenters. The maximum absolute atomic E-state index is 13.2. The zero-order chi connectivity index (χ0) is 20.4. The SMILES string of the molecule is O=C(Cc1ccc2c(c1)OCCO2)Nc1cc(C(F)(F)F)ccc1N1CCCC1. The Labute approximate surface area is 166 Å². The summed E-state index contributed by atoms with van der Waals surface area (Å²) in [5, 5.41) is 2.68. The van der Waals surface area contributed by atoms with Gasteiger partial charge in [0.05, 0.1) is 23.4 Å². The molecule has 0 spiro atoms. The summed E-state index contributed by atoms with van der Waals surface area (Å²) in [5.74, 6) is 0.800. The number of carbonyl (C=O) groups excluding carboxylic acids is 1. The van der Waals surface area contributed by atoms with E-state index in [0.717, 1.165) is 38.1 Å². The zero-order valence-corrected chi connectivity index (χ0v) is 15.7. The molecular formula is C21H21F3N2O3. The topological polar surface area (TPSA) is 50.8 Å². The van der Waals surface area contributed by atoms with Gasteiger partial charge in [-0.3, -0.25) is 4.79 Å². The third kappa shape index (κ3) is 4.41. The van der Waals surface area contributed by atoms with Gasteiger partial charge in [0.15, 0.2) is 11.5 Å². The molecule has 0 bridgehead atoms. The Bertz CT molecular complexity index is 909. The Kier molecular flexibility index (Phi) is 5.25. The Morgan fingerprint density at radius 3 is 2.45 bits per heavy atom. The monoisotopic (exact) mass is 406 g/mol. The van der Waals surface area contributed by atoms with Gasteiger partial charge in [-0.1, -0.05) is 6.07 Å². The second-order valence-electron chi connectivity index (χ2n) is 7.13. The molecule has 1 N–H and O–H groups in total. The number of hydrogen-bond donors (Lipinski definition) is 1. The lowest BCUT2D eigenvalue weighted by Crippen LogP contribution is -2.22. The van der Waals surface area contributed by atoms with Gasteiger partial charge in [0, 0.05) is 13.1 Å². The number of benzene rings is 2. The fraction of sp³-hybridized carbons (Fsp3) is 0.381. The number of nitrogens with zero attached hydrogens (tertiary/aromatic N) is 1. The van der Waals surface area contributed by atoms with Crippen molar-refractivity contribution in [3.8, 4) is 11.5 Å². The number of ether oxygens (including phenoxy) is 2. The number of fused-ring (bicyclic) bond motifs is 1. The highest BCUT2D eigenvalue weighted by atomic mass is 19.4. The molecule has 2 aromatic carbocycles. The lowest BCUT2D eigenvalue weighted by molar-refractivity contribution is -0.137. The maximum Gasteiger partial charge on any atom is 0.416 e. The van der Waals surface area contributed by atoms with Gasteiger partial charge in [-0.2, -0.15) is 13.2 Å². The van der Waals surface area contributed by atoms with Crippen LogP contribution in [-0.4, -0.2) is 32.2 Å². The summed E-state index contributed by atoms with van der Waals surface area (Å²) < 4.78 is 50.5. The molecule has 0 radical (unpaired) electrons. The van der Waals surface area contributed by atoms with Crippen LogP contribution in [0.2, 0.25) is 0 Å². The van der Waals surface area contributed by atoms with Gasteiger partial charge in [-0.15, -0.1) is 0 Å². The standard InChI is InChI=1S/C21H21F3N2O3/c22-21(23,24)15-4-5-17(26-7-1-2-8-26)16(13-15)25-20(27)12-14-3-6-18-19(11-14)29-10-9-28-18/h3-6,11,13H,1-2,7-10,12H2,(H,25,27). The van der Waals surface area contributed by atoms with E-state index in [1.165, 1.54) is 6.07 Å². The van der Waals surface area contributed by atoms with Crippen molar-refractivity contribution in [2.75, 3.05) is 36.5 Å². The van der Waals surface area contributed by atoms with Crippen LogP contribution >= 0.6 is 0 Å². The molecule has 0 aromatic heterocycles. The zero-order valence-electron chi connectivity index (χ0n) is 15.7. The minimum absolute atomic E-state index is 0.0202. The summed E-state index contributed by atoms with van der Waals surface area (Å²) in [6, 6.07) is 8.71. The molecule has 2 aliphatic heterocycles. The minimum atomic E-state index is -4.47. The molecule has 5 nitrogen and oxygen atoms in total. The average Bonchev–Trinajstić information content (AvgIpc) is 3.21. The number of alkyl halides is 3. The first-order valence-electron chi connectivity index (χ1n) is 9.55. The van der Waals surface area contributed by atoms with E-state index in [2.05, 4.69) is 5.32 Å². The Morgan fingerprint density at radius 2 is 1.72 bits per heavy atom. The van der Waals surface area contributed by atoms with Gasteiger partial charge in [0.1, 0.15) is 13.2 Å². The molecule has 154 valence electrons. The highest BCUT2D eigenvalue weighted by Crippen LogP contribution is 2.37. The lowest BCUT2D eigenvalue weighted by Gasteiger charge is -2.23. The number of rotatable bonds is 4. The maximum atomic E-state index is 13.2. The smallest absolute Gasteiger partial charge is 0.416 e. The quantitative estimate of drug-likeness (QED) is 0.825. The van der Waals surface area contributed by atoms with Crippen LogP contribution in [0.4, 0.5) is 24.5 Å². The molecule has 1 fully saturated rings. The normalized spacial score (nSPS) is 16.0. The van der Waals surface area contributed by atoms with Crippen LogP contribution in [0, 0.1) is 0 Å². The lowest BCUT2D eigenvalue weighted by atomic mass is 10.1. The molecule has 2 aliphatic rings. The molecule has 0 unspecified atom stereocenters. The van der Waals surface area contributed by atoms with Gasteiger partial charge >= 0.3 is 6.18 Å². The molecule has 0 saturated carbocycles. The average molecular weight is 406 g/mol. The third-order valence-electron chi connectivity index (χ3n) is 5.02. The number of amides is 1. The van der Waals surface area contributed by atoms with Crippen LogP contribution in [0.25, 0.3) is 0 Å². The molecule has 0 aliphatic carbocycles. The van der Waals surface area contributed by atoms with E-state index >= 15 is 0 Å². The molecule has 2 heterocycles. The van der Waals surface area contributed by atoms with Crippen LogP contribution in [0.1, 0.15) is 24.0 Å². The predicted molar refractivity (Wildman–Crippen MR) is 103 cm³/mol. The van der Waals surface area contributed by atoms with E-state index in [4.69, 9.17) is 9.47 Å². The van der Waals surface area contributed by atoms with Crippen molar-refractivity contribution in [3.05, 3.63) is 47.5 Å². The third-order valence-corrected chi connectivity index (χ3v) is 5.02. The Morgan fingerprint density at radius 1 is 1.00 bits per heavy atom. The van der Waals surface area contributed by atoms with Crippen molar-refractivity contribution in [1.82, 2.24) is 0 Å². The van der Waals surface area contributed by atoms with Crippen molar-refractivity contribution in [2.24, 2.45) is 0 Å². The molecule has 29 heavy (non-hydrogen) atoms. The fourth-order valence-electron chi connectivity index (χ4n) is 3.62. The van der Waals surface area contributed by atoms with Crippen LogP contribution in [-0.2, 0) is 17.4 Å². The summed E-state index contributed by atoms with van der Waals surface area (Å²) in [6.07, 6.45) is -2.50. The first-order valence-corrected chi connectivity index (χ1v) is 9.55. The van der Waals surface area contributed by atoms with Gasteiger partial charge in [-0.05, 0) is 48.7 Å². The van der Waals surface area contributed by atoms with Crippen molar-refractivity contribution in [1.29, 1.82) is 0 Å². The van der Waals surface area contributed by atoms with E-state index in [1.807, 2.05) is 4.90 Å². The van der Waals surface area contributed by atoms with E-state index in [9.17, 15) is 18.0 Å². The van der Waals surface area contributed by atoms with Crippen molar-refractivity contribution in [3.63, 3.8) is 0 Å². The molecular weight excluding hydrogens is 385 g/mol. The van der Waals surface area contributed by atoms with Crippen LogP contribution in [0.5, 0.6) is 11.5 Å². The summed E-state index contributed by atoms with van der Waals surface area (Å²) in [7, 11) is 0. The number of hydrogen-bond acceptors (Lipinski definition) is 4. The van der Waals surface area contributed by atoms with Crippen molar-refractivity contribution in [2.45, 2.75) is 25.4 Å². The fourth-order valence-corrected chi connectivity index (χ4v) is 3.62. The molecule has 1 amide bonds. The predicted octanol–water partition coefficient (Wildman–Crippen LogP) is 4.26. The second-order valence-corrected chi connectivity index (χ2v) is 7.13. The van der Waals surface area contributed by atoms with E-state index in [1.54, 1.807) is 18.2 Å². The van der Waals surface area contributed by atoms with Gasteiger partial charge in [0.25, 0.3) is 0 Å². The number of carbonyl (C=O) groups is 1. The number of anilines is 2. The highest BCUT2D eigenvalue weighted by molar-refractivity contribution is 5.96. The first kappa shape index (κ1) is 19.4. The molecule has 8 heteroatoms. The van der Waals surface area contributed by atoms with Crippen LogP contribution < -0.4 is 19.7 Å². The van der Waals surface area contributed by atoms with E-state index in [-0.39, 0.29) is 18.0 Å². The van der Waals surface area contributed by atoms with E-state index < -0.39 is 11.7 Å². The Balaban J connectivity index is 1.54.